The molecule has 0 amide bonds. The summed E-state index contributed by atoms with van der Waals surface area (Å²) in [6, 6.07) is 6.19. The lowest BCUT2D eigenvalue weighted by molar-refractivity contribution is 0.867. The molecule has 1 aromatic heterocycles. The molecule has 0 aliphatic rings. The van der Waals surface area contributed by atoms with Gasteiger partial charge in [0, 0.05) is 22.6 Å². The third kappa shape index (κ3) is 1.96. The summed E-state index contributed by atoms with van der Waals surface area (Å²) < 4.78 is 3.08. The van der Waals surface area contributed by atoms with E-state index in [0.29, 0.717) is 6.54 Å². The van der Waals surface area contributed by atoms with Gasteiger partial charge in [0.15, 0.2) is 0 Å². The van der Waals surface area contributed by atoms with Gasteiger partial charge in [0.2, 0.25) is 0 Å². The lowest BCUT2D eigenvalue weighted by atomic mass is 10.2. The molecule has 1 heterocycles. The Balaban J connectivity index is 2.50. The van der Waals surface area contributed by atoms with Gasteiger partial charge in [-0.05, 0) is 24.6 Å². The fourth-order valence-corrected chi connectivity index (χ4v) is 1.82. The summed E-state index contributed by atoms with van der Waals surface area (Å²) in [5, 5.41) is 0. The Bertz CT molecular complexity index is 476. The Morgan fingerprint density at radius 3 is 2.93 bits per heavy atom. The predicted octanol–water partition coefficient (Wildman–Crippen LogP) is 2.40. The maximum atomic E-state index is 5.61. The number of imidazole rings is 1. The maximum absolute atomic E-state index is 5.61. The molecule has 2 N–H and O–H groups in total. The molecule has 4 heteroatoms. The summed E-state index contributed by atoms with van der Waals surface area (Å²) in [6.07, 6.45) is 3.68. The number of hydrogen-bond acceptors (Lipinski definition) is 2. The average molecular weight is 266 g/mol. The molecule has 0 radical (unpaired) electrons. The van der Waals surface area contributed by atoms with E-state index in [0.717, 1.165) is 16.0 Å². The smallest absolute Gasteiger partial charge is 0.126 e. The van der Waals surface area contributed by atoms with Crippen molar-refractivity contribution in [3.8, 4) is 5.69 Å². The third-order valence-corrected chi connectivity index (χ3v) is 3.19. The molecule has 1 aromatic carbocycles. The van der Waals surface area contributed by atoms with Crippen molar-refractivity contribution in [3.05, 3.63) is 46.5 Å². The molecule has 0 aliphatic heterocycles. The molecule has 78 valence electrons. The molecule has 0 bridgehead atoms. The standard InChI is InChI=1S/C11H12BrN3/c1-8-2-3-9(6-10(8)12)15-5-4-14-11(15)7-13/h2-6H,7,13H2,1H3. The first-order valence-corrected chi connectivity index (χ1v) is 5.50. The minimum Gasteiger partial charge on any atom is -0.324 e. The average Bonchev–Trinajstić information content (AvgIpc) is 2.70. The summed E-state index contributed by atoms with van der Waals surface area (Å²) >= 11 is 3.51. The number of halogens is 1. The molecule has 0 saturated carbocycles. The van der Waals surface area contributed by atoms with Crippen molar-refractivity contribution in [3.63, 3.8) is 0 Å². The highest BCUT2D eigenvalue weighted by Gasteiger charge is 2.04. The van der Waals surface area contributed by atoms with Gasteiger partial charge in [-0.2, -0.15) is 0 Å². The van der Waals surface area contributed by atoms with Gasteiger partial charge in [-0.25, -0.2) is 4.98 Å². The predicted molar refractivity (Wildman–Crippen MR) is 63.9 cm³/mol. The Kier molecular flexibility index (Phi) is 2.88. The van der Waals surface area contributed by atoms with Crippen LogP contribution in [0.4, 0.5) is 0 Å². The van der Waals surface area contributed by atoms with Gasteiger partial charge in [-0.15, -0.1) is 0 Å². The van der Waals surface area contributed by atoms with Crippen molar-refractivity contribution in [1.82, 2.24) is 9.55 Å². The Morgan fingerprint density at radius 1 is 1.47 bits per heavy atom. The van der Waals surface area contributed by atoms with E-state index in [1.165, 1.54) is 5.56 Å². The molecule has 0 unspecified atom stereocenters. The van der Waals surface area contributed by atoms with Crippen LogP contribution in [0.5, 0.6) is 0 Å². The Labute approximate surface area is 97.1 Å². The molecule has 0 saturated heterocycles. The van der Waals surface area contributed by atoms with E-state index in [-0.39, 0.29) is 0 Å². The minimum atomic E-state index is 0.443. The van der Waals surface area contributed by atoms with Crippen molar-refractivity contribution < 1.29 is 0 Å². The second kappa shape index (κ2) is 4.16. The minimum absolute atomic E-state index is 0.443. The van der Waals surface area contributed by atoms with Crippen molar-refractivity contribution in [2.45, 2.75) is 13.5 Å². The van der Waals surface area contributed by atoms with Crippen LogP contribution in [-0.2, 0) is 6.54 Å². The zero-order chi connectivity index (χ0) is 10.8. The molecular weight excluding hydrogens is 254 g/mol. The number of hydrogen-bond donors (Lipinski definition) is 1. The quantitative estimate of drug-likeness (QED) is 0.907. The Hall–Kier alpha value is -1.13. The summed E-state index contributed by atoms with van der Waals surface area (Å²) in [5.74, 6) is 0.866. The second-order valence-corrected chi connectivity index (χ2v) is 4.21. The van der Waals surface area contributed by atoms with Gasteiger partial charge in [0.05, 0.1) is 6.54 Å². The van der Waals surface area contributed by atoms with E-state index < -0.39 is 0 Å². The largest absolute Gasteiger partial charge is 0.324 e. The number of nitrogens with two attached hydrogens (primary N) is 1. The molecule has 2 aromatic rings. The van der Waals surface area contributed by atoms with E-state index in [1.54, 1.807) is 6.20 Å². The molecule has 2 rings (SSSR count). The summed E-state index contributed by atoms with van der Waals surface area (Å²) in [4.78, 5) is 4.19. The van der Waals surface area contributed by atoms with E-state index in [9.17, 15) is 0 Å². The first-order valence-electron chi connectivity index (χ1n) is 4.71. The number of aryl methyl sites for hydroxylation is 1. The van der Waals surface area contributed by atoms with E-state index in [1.807, 2.05) is 10.8 Å². The molecule has 0 spiro atoms. The highest BCUT2D eigenvalue weighted by atomic mass is 79.9. The van der Waals surface area contributed by atoms with E-state index in [4.69, 9.17) is 5.73 Å². The van der Waals surface area contributed by atoms with E-state index >= 15 is 0 Å². The first-order chi connectivity index (χ1) is 7.22. The van der Waals surface area contributed by atoms with Crippen molar-refractivity contribution in [1.29, 1.82) is 0 Å². The molecule has 3 nitrogen and oxygen atoms in total. The van der Waals surface area contributed by atoms with Crippen LogP contribution in [0.15, 0.2) is 35.1 Å². The van der Waals surface area contributed by atoms with Gasteiger partial charge in [0.25, 0.3) is 0 Å². The van der Waals surface area contributed by atoms with Crippen LogP contribution < -0.4 is 5.73 Å². The lowest BCUT2D eigenvalue weighted by Gasteiger charge is -2.07. The summed E-state index contributed by atoms with van der Waals surface area (Å²) in [6.45, 7) is 2.50. The normalized spacial score (nSPS) is 10.6. The lowest BCUT2D eigenvalue weighted by Crippen LogP contribution is -2.06. The fraction of sp³-hybridized carbons (Fsp3) is 0.182. The molecule has 0 aliphatic carbocycles. The number of rotatable bonds is 2. The highest BCUT2D eigenvalue weighted by Crippen LogP contribution is 2.20. The van der Waals surface area contributed by atoms with Gasteiger partial charge in [-0.1, -0.05) is 22.0 Å². The molecule has 0 fully saturated rings. The molecular formula is C11H12BrN3. The van der Waals surface area contributed by atoms with Crippen LogP contribution in [0.2, 0.25) is 0 Å². The Morgan fingerprint density at radius 2 is 2.27 bits per heavy atom. The summed E-state index contributed by atoms with van der Waals surface area (Å²) in [7, 11) is 0. The van der Waals surface area contributed by atoms with Crippen LogP contribution in [0.25, 0.3) is 5.69 Å². The van der Waals surface area contributed by atoms with Crippen LogP contribution in [-0.4, -0.2) is 9.55 Å². The van der Waals surface area contributed by atoms with Gasteiger partial charge in [0.1, 0.15) is 5.82 Å². The fourth-order valence-electron chi connectivity index (χ4n) is 1.45. The second-order valence-electron chi connectivity index (χ2n) is 3.35. The van der Waals surface area contributed by atoms with Gasteiger partial charge in [-0.3, -0.25) is 0 Å². The van der Waals surface area contributed by atoms with Crippen molar-refractivity contribution >= 4 is 15.9 Å². The van der Waals surface area contributed by atoms with Crippen LogP contribution >= 0.6 is 15.9 Å². The zero-order valence-corrected chi connectivity index (χ0v) is 10.0. The van der Waals surface area contributed by atoms with Gasteiger partial charge >= 0.3 is 0 Å². The van der Waals surface area contributed by atoms with Crippen molar-refractivity contribution in [2.24, 2.45) is 5.73 Å². The van der Waals surface area contributed by atoms with Crippen LogP contribution in [0.3, 0.4) is 0 Å². The van der Waals surface area contributed by atoms with Crippen LogP contribution in [0.1, 0.15) is 11.4 Å². The number of benzene rings is 1. The topological polar surface area (TPSA) is 43.8 Å². The summed E-state index contributed by atoms with van der Waals surface area (Å²) in [5.41, 5.74) is 7.90. The van der Waals surface area contributed by atoms with Crippen LogP contribution in [0, 0.1) is 6.92 Å². The van der Waals surface area contributed by atoms with E-state index in [2.05, 4.69) is 46.0 Å². The first kappa shape index (κ1) is 10.4. The van der Waals surface area contributed by atoms with Gasteiger partial charge < -0.3 is 10.3 Å². The third-order valence-electron chi connectivity index (χ3n) is 2.33. The molecule has 15 heavy (non-hydrogen) atoms. The molecule has 0 atom stereocenters. The maximum Gasteiger partial charge on any atom is 0.126 e. The van der Waals surface area contributed by atoms with Crippen molar-refractivity contribution in [2.75, 3.05) is 0 Å². The highest BCUT2D eigenvalue weighted by molar-refractivity contribution is 9.10. The number of aromatic nitrogens is 2. The zero-order valence-electron chi connectivity index (χ0n) is 8.44. The SMILES string of the molecule is Cc1ccc(-n2ccnc2CN)cc1Br. The monoisotopic (exact) mass is 265 g/mol. The number of nitrogens with zero attached hydrogens (tertiary/aromatic N) is 2.